The lowest BCUT2D eigenvalue weighted by molar-refractivity contribution is -0.685. The average molecular weight is 299 g/mol. The molecule has 0 saturated heterocycles. The number of carbonyl (C=O) groups is 1. The zero-order chi connectivity index (χ0) is 15.5. The molecule has 0 aliphatic heterocycles. The summed E-state index contributed by atoms with van der Waals surface area (Å²) in [7, 11) is 1.97. The van der Waals surface area contributed by atoms with Crippen LogP contribution in [0.4, 0.5) is 0 Å². The molecule has 0 aromatic carbocycles. The van der Waals surface area contributed by atoms with Crippen LogP contribution in [-0.4, -0.2) is 25.2 Å². The van der Waals surface area contributed by atoms with E-state index in [-0.39, 0.29) is 6.54 Å². The SMILES string of the molecule is C[n+]1ccn(Cc2cccc(-n3cc[n+](CC(=O)O)c3)n2)c1. The van der Waals surface area contributed by atoms with Crippen molar-refractivity contribution < 1.29 is 19.0 Å². The second kappa shape index (κ2) is 5.80. The number of rotatable bonds is 5. The van der Waals surface area contributed by atoms with Crippen LogP contribution in [0.25, 0.3) is 5.82 Å². The largest absolute Gasteiger partial charge is 0.478 e. The molecular formula is C15H17N5O2+2. The fourth-order valence-electron chi connectivity index (χ4n) is 2.26. The molecular weight excluding hydrogens is 282 g/mol. The third-order valence-electron chi connectivity index (χ3n) is 3.23. The Balaban J connectivity index is 1.81. The Morgan fingerprint density at radius 1 is 1.27 bits per heavy atom. The molecule has 0 aliphatic carbocycles. The first-order valence-electron chi connectivity index (χ1n) is 6.86. The van der Waals surface area contributed by atoms with Crippen molar-refractivity contribution in [3.8, 4) is 5.82 Å². The maximum atomic E-state index is 10.7. The molecule has 7 nitrogen and oxygen atoms in total. The van der Waals surface area contributed by atoms with Gasteiger partial charge in [-0.1, -0.05) is 6.07 Å². The van der Waals surface area contributed by atoms with Crippen molar-refractivity contribution in [1.29, 1.82) is 0 Å². The van der Waals surface area contributed by atoms with E-state index in [1.54, 1.807) is 23.3 Å². The highest BCUT2D eigenvalue weighted by molar-refractivity contribution is 5.64. The highest BCUT2D eigenvalue weighted by atomic mass is 16.4. The van der Waals surface area contributed by atoms with Gasteiger partial charge in [0.2, 0.25) is 12.1 Å². The third kappa shape index (κ3) is 3.20. The number of hydrogen-bond donors (Lipinski definition) is 1. The Morgan fingerprint density at radius 3 is 2.86 bits per heavy atom. The maximum absolute atomic E-state index is 10.7. The lowest BCUT2D eigenvalue weighted by Crippen LogP contribution is -2.35. The molecule has 0 bridgehead atoms. The number of aliphatic carboxylic acids is 1. The monoisotopic (exact) mass is 299 g/mol. The minimum Gasteiger partial charge on any atom is -0.478 e. The van der Waals surface area contributed by atoms with Crippen LogP contribution in [-0.2, 0) is 24.9 Å². The summed E-state index contributed by atoms with van der Waals surface area (Å²) in [5, 5.41) is 8.81. The quantitative estimate of drug-likeness (QED) is 0.670. The second-order valence-corrected chi connectivity index (χ2v) is 5.13. The first-order valence-corrected chi connectivity index (χ1v) is 6.86. The van der Waals surface area contributed by atoms with E-state index in [9.17, 15) is 4.79 Å². The fourth-order valence-corrected chi connectivity index (χ4v) is 2.26. The minimum atomic E-state index is -0.870. The number of nitrogens with zero attached hydrogens (tertiary/aromatic N) is 5. The molecule has 0 aliphatic rings. The fraction of sp³-hybridized carbons (Fsp3) is 0.200. The van der Waals surface area contributed by atoms with Gasteiger partial charge in [-0.3, -0.25) is 0 Å². The van der Waals surface area contributed by atoms with E-state index in [1.807, 2.05) is 57.7 Å². The predicted molar refractivity (Wildman–Crippen MR) is 76.1 cm³/mol. The van der Waals surface area contributed by atoms with Gasteiger partial charge < -0.3 is 5.11 Å². The molecule has 0 atom stereocenters. The Kier molecular flexibility index (Phi) is 3.69. The number of aryl methyl sites for hydroxylation is 1. The van der Waals surface area contributed by atoms with Crippen LogP contribution < -0.4 is 9.13 Å². The van der Waals surface area contributed by atoms with Gasteiger partial charge in [0.25, 0.3) is 6.33 Å². The van der Waals surface area contributed by atoms with Gasteiger partial charge in [-0.15, -0.1) is 0 Å². The Labute approximate surface area is 127 Å². The summed E-state index contributed by atoms with van der Waals surface area (Å²) in [6.07, 6.45) is 11.2. The van der Waals surface area contributed by atoms with Gasteiger partial charge in [0, 0.05) is 6.07 Å². The smallest absolute Gasteiger partial charge is 0.346 e. The maximum Gasteiger partial charge on any atom is 0.346 e. The number of aromatic nitrogens is 5. The summed E-state index contributed by atoms with van der Waals surface area (Å²) in [5.74, 6) is -0.108. The third-order valence-corrected chi connectivity index (χ3v) is 3.23. The van der Waals surface area contributed by atoms with Crippen LogP contribution in [0.5, 0.6) is 0 Å². The molecule has 22 heavy (non-hydrogen) atoms. The normalized spacial score (nSPS) is 10.8. The number of imidazole rings is 2. The summed E-state index contributed by atoms with van der Waals surface area (Å²) in [4.78, 5) is 15.3. The zero-order valence-electron chi connectivity index (χ0n) is 12.2. The number of hydrogen-bond acceptors (Lipinski definition) is 2. The van der Waals surface area contributed by atoms with Crippen molar-refractivity contribution in [3.63, 3.8) is 0 Å². The van der Waals surface area contributed by atoms with Crippen molar-refractivity contribution in [2.75, 3.05) is 0 Å². The van der Waals surface area contributed by atoms with E-state index in [4.69, 9.17) is 5.11 Å². The Bertz CT molecular complexity index is 806. The lowest BCUT2D eigenvalue weighted by Gasteiger charge is -1.99. The lowest BCUT2D eigenvalue weighted by atomic mass is 10.3. The van der Waals surface area contributed by atoms with E-state index in [2.05, 4.69) is 4.98 Å². The van der Waals surface area contributed by atoms with E-state index >= 15 is 0 Å². The molecule has 7 heteroatoms. The van der Waals surface area contributed by atoms with Crippen LogP contribution in [0.2, 0.25) is 0 Å². The van der Waals surface area contributed by atoms with Crippen molar-refractivity contribution in [2.45, 2.75) is 13.1 Å². The summed E-state index contributed by atoms with van der Waals surface area (Å²) in [5.41, 5.74) is 0.937. The molecule has 112 valence electrons. The molecule has 0 spiro atoms. The van der Waals surface area contributed by atoms with Crippen molar-refractivity contribution in [2.24, 2.45) is 7.05 Å². The zero-order valence-corrected chi connectivity index (χ0v) is 12.2. The highest BCUT2D eigenvalue weighted by Crippen LogP contribution is 2.06. The summed E-state index contributed by atoms with van der Waals surface area (Å²) in [6, 6.07) is 5.81. The predicted octanol–water partition coefficient (Wildman–Crippen LogP) is -0.0813. The summed E-state index contributed by atoms with van der Waals surface area (Å²) < 4.78 is 7.43. The molecule has 0 unspecified atom stereocenters. The highest BCUT2D eigenvalue weighted by Gasteiger charge is 2.11. The van der Waals surface area contributed by atoms with Gasteiger partial charge in [-0.2, -0.15) is 4.57 Å². The van der Waals surface area contributed by atoms with Gasteiger partial charge in [0.05, 0.1) is 12.7 Å². The average Bonchev–Trinajstić information content (AvgIpc) is 3.08. The van der Waals surface area contributed by atoms with E-state index < -0.39 is 5.97 Å². The molecule has 3 aromatic heterocycles. The molecule has 0 saturated carbocycles. The molecule has 0 fully saturated rings. The van der Waals surface area contributed by atoms with E-state index in [0.29, 0.717) is 6.54 Å². The summed E-state index contributed by atoms with van der Waals surface area (Å²) in [6.45, 7) is 0.623. The topological polar surface area (TPSA) is 67.8 Å². The Morgan fingerprint density at radius 2 is 2.14 bits per heavy atom. The van der Waals surface area contributed by atoms with E-state index in [0.717, 1.165) is 11.5 Å². The molecule has 3 aromatic rings. The van der Waals surface area contributed by atoms with Crippen LogP contribution in [0.3, 0.4) is 0 Å². The van der Waals surface area contributed by atoms with Gasteiger partial charge >= 0.3 is 5.97 Å². The number of pyridine rings is 1. The van der Waals surface area contributed by atoms with Gasteiger partial charge in [0.1, 0.15) is 31.3 Å². The molecule has 1 N–H and O–H groups in total. The molecule has 0 radical (unpaired) electrons. The van der Waals surface area contributed by atoms with Crippen LogP contribution in [0, 0.1) is 0 Å². The van der Waals surface area contributed by atoms with Crippen molar-refractivity contribution in [1.82, 2.24) is 14.1 Å². The molecule has 3 rings (SSSR count). The van der Waals surface area contributed by atoms with Gasteiger partial charge in [-0.05, 0) is 6.07 Å². The van der Waals surface area contributed by atoms with Crippen LogP contribution in [0.1, 0.15) is 5.69 Å². The first kappa shape index (κ1) is 14.0. The van der Waals surface area contributed by atoms with Crippen molar-refractivity contribution in [3.05, 3.63) is 61.3 Å². The summed E-state index contributed by atoms with van der Waals surface area (Å²) >= 11 is 0. The first-order chi connectivity index (χ1) is 10.6. The van der Waals surface area contributed by atoms with Gasteiger partial charge in [-0.25, -0.2) is 23.5 Å². The van der Waals surface area contributed by atoms with Crippen molar-refractivity contribution >= 4 is 5.97 Å². The minimum absolute atomic E-state index is 0.0629. The Hall–Kier alpha value is -2.96. The molecule has 0 amide bonds. The number of carboxylic acid groups (broad SMARTS) is 1. The number of carboxylic acids is 1. The van der Waals surface area contributed by atoms with E-state index in [1.165, 1.54) is 0 Å². The van der Waals surface area contributed by atoms with Crippen LogP contribution >= 0.6 is 0 Å². The molecule has 3 heterocycles. The standard InChI is InChI=1S/C15H16N5O2/c1-17-5-6-18(11-17)9-13-3-2-4-14(16-13)20-8-7-19(12-20)10-15(21)22/h2-8,11-12H,9-10H2,1H3/q+1/p+1. The van der Waals surface area contributed by atoms with Crippen LogP contribution in [0.15, 0.2) is 55.6 Å². The van der Waals surface area contributed by atoms with Gasteiger partial charge in [0.15, 0.2) is 6.54 Å². The second-order valence-electron chi connectivity index (χ2n) is 5.13.